The van der Waals surface area contributed by atoms with Crippen LogP contribution in [0.5, 0.6) is 5.75 Å². The normalized spacial score (nSPS) is 11.1. The summed E-state index contributed by atoms with van der Waals surface area (Å²) in [6.45, 7) is 0. The zero-order chi connectivity index (χ0) is 10.8. The Labute approximate surface area is 83.1 Å². The molecule has 2 N–H and O–H groups in total. The molecule has 14 heavy (non-hydrogen) atoms. The Hall–Kier alpha value is -1.27. The van der Waals surface area contributed by atoms with Crippen molar-refractivity contribution in [1.29, 1.82) is 0 Å². The predicted octanol–water partition coefficient (Wildman–Crippen LogP) is 0.335. The molecule has 0 saturated heterocycles. The van der Waals surface area contributed by atoms with E-state index in [2.05, 4.69) is 0 Å². The lowest BCUT2D eigenvalue weighted by Gasteiger charge is -2.15. The smallest absolute Gasteiger partial charge is 0.245 e. The summed E-state index contributed by atoms with van der Waals surface area (Å²) in [5, 5.41) is 0. The highest BCUT2D eigenvalue weighted by atomic mass is 32.2. The molecule has 0 amide bonds. The number of hydrogen-bond donors (Lipinski definition) is 1. The van der Waals surface area contributed by atoms with Gasteiger partial charge in [-0.3, -0.25) is 0 Å². The number of sulfonamides is 1. The van der Waals surface area contributed by atoms with E-state index in [9.17, 15) is 8.42 Å². The van der Waals surface area contributed by atoms with E-state index in [0.29, 0.717) is 15.9 Å². The van der Waals surface area contributed by atoms with Gasteiger partial charge in [-0.25, -0.2) is 18.7 Å². The Morgan fingerprint density at radius 2 is 1.79 bits per heavy atom. The van der Waals surface area contributed by atoms with Crippen molar-refractivity contribution in [2.24, 2.45) is 5.84 Å². The average Bonchev–Trinajstić information content (AvgIpc) is 2.15. The number of hydrazine groups is 1. The maximum atomic E-state index is 11.1. The predicted molar refractivity (Wildman–Crippen MR) is 54.5 cm³/mol. The lowest BCUT2D eigenvalue weighted by molar-refractivity contribution is 0.415. The second-order valence-electron chi connectivity index (χ2n) is 2.76. The molecule has 0 radical (unpaired) electrons. The van der Waals surface area contributed by atoms with Crippen molar-refractivity contribution in [3.63, 3.8) is 0 Å². The minimum absolute atomic E-state index is 0.397. The molecule has 0 spiro atoms. The van der Waals surface area contributed by atoms with Crippen molar-refractivity contribution in [2.75, 3.05) is 17.8 Å². The van der Waals surface area contributed by atoms with E-state index in [4.69, 9.17) is 10.6 Å². The van der Waals surface area contributed by atoms with Gasteiger partial charge in [0.2, 0.25) is 10.0 Å². The van der Waals surface area contributed by atoms with Crippen LogP contribution in [0.1, 0.15) is 0 Å². The minimum atomic E-state index is -3.41. The fraction of sp³-hybridized carbons (Fsp3) is 0.250. The molecule has 78 valence electrons. The van der Waals surface area contributed by atoms with E-state index >= 15 is 0 Å². The van der Waals surface area contributed by atoms with Crippen LogP contribution < -0.4 is 15.0 Å². The van der Waals surface area contributed by atoms with Gasteiger partial charge in [-0.05, 0) is 24.3 Å². The summed E-state index contributed by atoms with van der Waals surface area (Å²) in [5.74, 6) is 6.02. The van der Waals surface area contributed by atoms with Gasteiger partial charge in [-0.1, -0.05) is 0 Å². The standard InChI is InChI=1S/C8H12N2O3S/c1-13-8-5-3-7(4-6-8)10(9)14(2,11)12/h3-6H,9H2,1-2H3. The molecule has 0 heterocycles. The van der Waals surface area contributed by atoms with Crippen molar-refractivity contribution in [3.8, 4) is 5.75 Å². The second-order valence-corrected chi connectivity index (χ2v) is 4.62. The van der Waals surface area contributed by atoms with Gasteiger partial charge in [-0.2, -0.15) is 0 Å². The first-order valence-electron chi connectivity index (χ1n) is 3.84. The van der Waals surface area contributed by atoms with E-state index in [1.54, 1.807) is 24.3 Å². The van der Waals surface area contributed by atoms with E-state index in [0.717, 1.165) is 6.26 Å². The molecule has 0 aliphatic rings. The van der Waals surface area contributed by atoms with Crippen molar-refractivity contribution in [1.82, 2.24) is 0 Å². The molecule has 1 aromatic carbocycles. The summed E-state index contributed by atoms with van der Waals surface area (Å²) >= 11 is 0. The Morgan fingerprint density at radius 3 is 2.14 bits per heavy atom. The van der Waals surface area contributed by atoms with Crippen LogP contribution in [0, 0.1) is 0 Å². The first kappa shape index (κ1) is 10.8. The molecule has 1 rings (SSSR count). The molecule has 0 aliphatic carbocycles. The van der Waals surface area contributed by atoms with Gasteiger partial charge in [0.05, 0.1) is 19.1 Å². The number of ether oxygens (including phenoxy) is 1. The Balaban J connectivity index is 2.98. The third kappa shape index (κ3) is 2.36. The largest absolute Gasteiger partial charge is 0.497 e. The number of rotatable bonds is 3. The molecular weight excluding hydrogens is 204 g/mol. The zero-order valence-corrected chi connectivity index (χ0v) is 8.78. The second kappa shape index (κ2) is 3.85. The molecule has 0 aromatic heterocycles. The van der Waals surface area contributed by atoms with Crippen molar-refractivity contribution >= 4 is 15.7 Å². The van der Waals surface area contributed by atoms with E-state index in [1.807, 2.05) is 0 Å². The van der Waals surface area contributed by atoms with Gasteiger partial charge in [-0.15, -0.1) is 0 Å². The van der Waals surface area contributed by atoms with Gasteiger partial charge < -0.3 is 4.74 Å². The van der Waals surface area contributed by atoms with Crippen LogP contribution in [0.2, 0.25) is 0 Å². The van der Waals surface area contributed by atoms with Crippen molar-refractivity contribution < 1.29 is 13.2 Å². The maximum Gasteiger partial charge on any atom is 0.245 e. The monoisotopic (exact) mass is 216 g/mol. The lowest BCUT2D eigenvalue weighted by atomic mass is 10.3. The van der Waals surface area contributed by atoms with Crippen molar-refractivity contribution in [3.05, 3.63) is 24.3 Å². The Bertz CT molecular complexity index is 399. The highest BCUT2D eigenvalue weighted by molar-refractivity contribution is 7.92. The highest BCUT2D eigenvalue weighted by Crippen LogP contribution is 2.18. The summed E-state index contributed by atoms with van der Waals surface area (Å²) in [6, 6.07) is 6.42. The van der Waals surface area contributed by atoms with Crippen LogP contribution in [0.25, 0.3) is 0 Å². The van der Waals surface area contributed by atoms with Gasteiger partial charge in [0.25, 0.3) is 0 Å². The third-order valence-electron chi connectivity index (χ3n) is 1.68. The topological polar surface area (TPSA) is 72.6 Å². The summed E-state index contributed by atoms with van der Waals surface area (Å²) in [4.78, 5) is 0. The van der Waals surface area contributed by atoms with Crippen molar-refractivity contribution in [2.45, 2.75) is 0 Å². The molecule has 1 aromatic rings. The molecule has 0 aliphatic heterocycles. The first-order valence-corrected chi connectivity index (χ1v) is 5.69. The molecule has 0 atom stereocenters. The molecule has 0 bridgehead atoms. The number of anilines is 1. The number of benzene rings is 1. The quantitative estimate of drug-likeness (QED) is 0.584. The minimum Gasteiger partial charge on any atom is -0.497 e. The number of nitrogens with two attached hydrogens (primary N) is 1. The van der Waals surface area contributed by atoms with E-state index < -0.39 is 10.0 Å². The molecule has 0 saturated carbocycles. The van der Waals surface area contributed by atoms with E-state index in [1.165, 1.54) is 7.11 Å². The SMILES string of the molecule is COc1ccc(N(N)S(C)(=O)=O)cc1. The molecule has 0 unspecified atom stereocenters. The Morgan fingerprint density at radius 1 is 1.29 bits per heavy atom. The number of hydrogen-bond acceptors (Lipinski definition) is 4. The van der Waals surface area contributed by atoms with E-state index in [-0.39, 0.29) is 0 Å². The van der Waals surface area contributed by atoms with Crippen LogP contribution in [-0.4, -0.2) is 21.8 Å². The number of methoxy groups -OCH3 is 1. The molecule has 5 nitrogen and oxygen atoms in total. The van der Waals surface area contributed by atoms with Gasteiger partial charge in [0.15, 0.2) is 0 Å². The van der Waals surface area contributed by atoms with Crippen LogP contribution in [-0.2, 0) is 10.0 Å². The molecule has 6 heteroatoms. The Kier molecular flexibility index (Phi) is 2.97. The average molecular weight is 216 g/mol. The summed E-state index contributed by atoms with van der Waals surface area (Å²) < 4.78 is 27.8. The lowest BCUT2D eigenvalue weighted by Crippen LogP contribution is -2.36. The fourth-order valence-corrected chi connectivity index (χ4v) is 1.43. The van der Waals surface area contributed by atoms with Crippen LogP contribution >= 0.6 is 0 Å². The third-order valence-corrected chi connectivity index (χ3v) is 2.61. The maximum absolute atomic E-state index is 11.1. The van der Waals surface area contributed by atoms with Gasteiger partial charge in [0.1, 0.15) is 5.75 Å². The van der Waals surface area contributed by atoms with Crippen LogP contribution in [0.15, 0.2) is 24.3 Å². The van der Waals surface area contributed by atoms with Crippen LogP contribution in [0.3, 0.4) is 0 Å². The summed E-state index contributed by atoms with van der Waals surface area (Å²) in [6.07, 6.45) is 1.04. The molecular formula is C8H12N2O3S. The zero-order valence-electron chi connectivity index (χ0n) is 7.97. The molecule has 0 fully saturated rings. The highest BCUT2D eigenvalue weighted by Gasteiger charge is 2.12. The van der Waals surface area contributed by atoms with Gasteiger partial charge >= 0.3 is 0 Å². The summed E-state index contributed by atoms with van der Waals surface area (Å²) in [7, 11) is -1.87. The number of nitrogens with zero attached hydrogens (tertiary/aromatic N) is 1. The summed E-state index contributed by atoms with van der Waals surface area (Å²) in [5.41, 5.74) is 0.397. The fourth-order valence-electron chi connectivity index (χ4n) is 0.921. The first-order chi connectivity index (χ1) is 6.45. The van der Waals surface area contributed by atoms with Gasteiger partial charge in [0, 0.05) is 0 Å². The van der Waals surface area contributed by atoms with Crippen LogP contribution in [0.4, 0.5) is 5.69 Å².